The summed E-state index contributed by atoms with van der Waals surface area (Å²) in [4.78, 5) is 11.8. The number of carbonyl (C=O) groups excluding carboxylic acids is 1. The van der Waals surface area contributed by atoms with Crippen molar-refractivity contribution < 1.29 is 9.53 Å². The van der Waals surface area contributed by atoms with E-state index < -0.39 is 0 Å². The maximum absolute atomic E-state index is 11.8. The maximum atomic E-state index is 11.8. The zero-order chi connectivity index (χ0) is 16.5. The van der Waals surface area contributed by atoms with Crippen molar-refractivity contribution >= 4 is 5.78 Å². The number of ketones is 1. The Bertz CT molecular complexity index is 624. The topological polar surface area (TPSA) is 26.3 Å². The van der Waals surface area contributed by atoms with E-state index in [-0.39, 0.29) is 5.60 Å². The second-order valence-corrected chi connectivity index (χ2v) is 9.40. The molecule has 2 heteroatoms. The van der Waals surface area contributed by atoms with Gasteiger partial charge in [-0.15, -0.1) is 0 Å². The molecule has 4 aliphatic carbocycles. The van der Waals surface area contributed by atoms with Crippen molar-refractivity contribution in [2.45, 2.75) is 64.4 Å². The fourth-order valence-corrected chi connectivity index (χ4v) is 7.58. The van der Waals surface area contributed by atoms with Crippen LogP contribution < -0.4 is 0 Å². The highest BCUT2D eigenvalue weighted by atomic mass is 16.5. The van der Waals surface area contributed by atoms with Crippen molar-refractivity contribution in [3.63, 3.8) is 0 Å². The number of fused-ring (bicyclic) bond motifs is 6. The first-order valence-corrected chi connectivity index (χ1v) is 10.1. The molecular weight excluding hydrogens is 296 g/mol. The third-order valence-corrected chi connectivity index (χ3v) is 8.68. The van der Waals surface area contributed by atoms with Crippen LogP contribution >= 0.6 is 0 Å². The van der Waals surface area contributed by atoms with Gasteiger partial charge in [0.1, 0.15) is 0 Å². The smallest absolute Gasteiger partial charge is 0.155 e. The van der Waals surface area contributed by atoms with Gasteiger partial charge in [0, 0.05) is 18.4 Å². The van der Waals surface area contributed by atoms with E-state index in [2.05, 4.69) is 26.0 Å². The van der Waals surface area contributed by atoms with E-state index >= 15 is 0 Å². The summed E-state index contributed by atoms with van der Waals surface area (Å²) in [6.45, 7) is 5.96. The van der Waals surface area contributed by atoms with Crippen LogP contribution in [-0.2, 0) is 9.53 Å². The van der Waals surface area contributed by atoms with Gasteiger partial charge in [-0.3, -0.25) is 4.79 Å². The molecular formula is C22H30O2. The predicted molar refractivity (Wildman–Crippen MR) is 94.5 cm³/mol. The lowest BCUT2D eigenvalue weighted by molar-refractivity contribution is -0.132. The third-order valence-electron chi connectivity index (χ3n) is 8.68. The highest BCUT2D eigenvalue weighted by Crippen LogP contribution is 2.68. The standard InChI is InChI=1S/C22H30O2/c1-14-12-20-19-6-4-15-13-16(23)5-7-17(15)18(19)8-10-21(20,2)22(14)9-3-11-24-22/h4,6,13-14,17-20H,3,5,7-12H2,1-2H3/t14-,17?,18?,19?,20?,21?,22?/m1/s1. The molecule has 1 aliphatic heterocycles. The maximum Gasteiger partial charge on any atom is 0.155 e. The molecule has 5 rings (SSSR count). The van der Waals surface area contributed by atoms with Crippen molar-refractivity contribution in [1.29, 1.82) is 0 Å². The molecule has 24 heavy (non-hydrogen) atoms. The fraction of sp³-hybridized carbons (Fsp3) is 0.773. The Hall–Kier alpha value is -0.890. The molecule has 0 N–H and O–H groups in total. The largest absolute Gasteiger partial charge is 0.374 e. The number of allylic oxidation sites excluding steroid dienone is 4. The van der Waals surface area contributed by atoms with Crippen molar-refractivity contribution in [3.05, 3.63) is 23.8 Å². The van der Waals surface area contributed by atoms with Gasteiger partial charge >= 0.3 is 0 Å². The highest BCUT2D eigenvalue weighted by molar-refractivity contribution is 5.91. The summed E-state index contributed by atoms with van der Waals surface area (Å²) >= 11 is 0. The Morgan fingerprint density at radius 1 is 1.25 bits per heavy atom. The van der Waals surface area contributed by atoms with E-state index in [0.29, 0.717) is 29.0 Å². The summed E-state index contributed by atoms with van der Waals surface area (Å²) in [5.74, 6) is 3.88. The van der Waals surface area contributed by atoms with Gasteiger partial charge in [-0.05, 0) is 79.8 Å². The van der Waals surface area contributed by atoms with E-state index in [1.165, 1.54) is 37.7 Å². The summed E-state index contributed by atoms with van der Waals surface area (Å²) in [6, 6.07) is 0. The van der Waals surface area contributed by atoms with Crippen molar-refractivity contribution in [1.82, 2.24) is 0 Å². The molecule has 5 aliphatic rings. The Morgan fingerprint density at radius 2 is 2.12 bits per heavy atom. The molecule has 0 aromatic rings. The van der Waals surface area contributed by atoms with E-state index in [9.17, 15) is 4.79 Å². The highest BCUT2D eigenvalue weighted by Gasteiger charge is 2.66. The van der Waals surface area contributed by atoms with Crippen LogP contribution in [0.25, 0.3) is 0 Å². The first-order valence-electron chi connectivity index (χ1n) is 10.1. The quantitative estimate of drug-likeness (QED) is 0.645. The number of ether oxygens (including phenoxy) is 1. The van der Waals surface area contributed by atoms with E-state index in [0.717, 1.165) is 31.3 Å². The number of hydrogen-bond donors (Lipinski definition) is 0. The lowest BCUT2D eigenvalue weighted by Gasteiger charge is -2.54. The molecule has 6 unspecified atom stereocenters. The third kappa shape index (κ3) is 1.79. The van der Waals surface area contributed by atoms with Crippen molar-refractivity contribution in [2.75, 3.05) is 6.61 Å². The first kappa shape index (κ1) is 15.4. The van der Waals surface area contributed by atoms with Crippen LogP contribution in [0.15, 0.2) is 23.8 Å². The second-order valence-electron chi connectivity index (χ2n) is 9.40. The molecule has 0 aromatic heterocycles. The molecule has 2 nitrogen and oxygen atoms in total. The molecule has 0 aromatic carbocycles. The lowest BCUT2D eigenvalue weighted by Crippen LogP contribution is -2.53. The molecule has 1 saturated heterocycles. The second kappa shape index (κ2) is 5.06. The molecule has 3 fully saturated rings. The molecule has 1 spiro atoms. The molecule has 0 bridgehead atoms. The number of hydrogen-bond acceptors (Lipinski definition) is 2. The van der Waals surface area contributed by atoms with E-state index in [1.54, 1.807) is 0 Å². The van der Waals surface area contributed by atoms with Crippen LogP contribution in [-0.4, -0.2) is 18.0 Å². The van der Waals surface area contributed by atoms with E-state index in [1.807, 2.05) is 6.08 Å². The number of rotatable bonds is 0. The Balaban J connectivity index is 1.53. The monoisotopic (exact) mass is 326 g/mol. The van der Waals surface area contributed by atoms with Crippen LogP contribution in [0.5, 0.6) is 0 Å². The molecule has 2 saturated carbocycles. The zero-order valence-corrected chi connectivity index (χ0v) is 15.1. The zero-order valence-electron chi connectivity index (χ0n) is 15.1. The number of carbonyl (C=O) groups is 1. The Kier molecular flexibility index (Phi) is 3.24. The summed E-state index contributed by atoms with van der Waals surface area (Å²) in [6.07, 6.45) is 15.0. The van der Waals surface area contributed by atoms with Crippen LogP contribution in [0.4, 0.5) is 0 Å². The summed E-state index contributed by atoms with van der Waals surface area (Å²) in [5.41, 5.74) is 1.82. The van der Waals surface area contributed by atoms with Gasteiger partial charge in [0.05, 0.1) is 5.60 Å². The minimum atomic E-state index is 0.148. The average Bonchev–Trinajstić information content (AvgIpc) is 3.15. The van der Waals surface area contributed by atoms with Crippen LogP contribution in [0, 0.1) is 35.0 Å². The van der Waals surface area contributed by atoms with Crippen molar-refractivity contribution in [2.24, 2.45) is 35.0 Å². The molecule has 130 valence electrons. The van der Waals surface area contributed by atoms with Crippen LogP contribution in [0.2, 0.25) is 0 Å². The molecule has 1 heterocycles. The van der Waals surface area contributed by atoms with Crippen molar-refractivity contribution in [3.8, 4) is 0 Å². The SMILES string of the molecule is C[C@@H]1CC2C3C=CC4=CC(=O)CCC4C3CCC2(C)C12CCCO2. The van der Waals surface area contributed by atoms with Gasteiger partial charge in [0.15, 0.2) is 5.78 Å². The minimum absolute atomic E-state index is 0.148. The Morgan fingerprint density at radius 3 is 2.92 bits per heavy atom. The van der Waals surface area contributed by atoms with E-state index in [4.69, 9.17) is 4.74 Å². The molecule has 7 atom stereocenters. The summed E-state index contributed by atoms with van der Waals surface area (Å²) in [5, 5.41) is 0. The van der Waals surface area contributed by atoms with Gasteiger partial charge in [-0.2, -0.15) is 0 Å². The van der Waals surface area contributed by atoms with Gasteiger partial charge in [0.25, 0.3) is 0 Å². The molecule has 0 amide bonds. The Labute approximate surface area is 145 Å². The fourth-order valence-electron chi connectivity index (χ4n) is 7.58. The van der Waals surface area contributed by atoms with Gasteiger partial charge in [-0.25, -0.2) is 0 Å². The van der Waals surface area contributed by atoms with Gasteiger partial charge < -0.3 is 4.74 Å². The van der Waals surface area contributed by atoms with Gasteiger partial charge in [-0.1, -0.05) is 26.0 Å². The van der Waals surface area contributed by atoms with Crippen LogP contribution in [0.1, 0.15) is 58.8 Å². The predicted octanol–water partition coefficient (Wildman–Crippen LogP) is 4.70. The minimum Gasteiger partial charge on any atom is -0.374 e. The van der Waals surface area contributed by atoms with Gasteiger partial charge in [0.2, 0.25) is 0 Å². The first-order chi connectivity index (χ1) is 11.6. The summed E-state index contributed by atoms with van der Waals surface area (Å²) < 4.78 is 6.51. The normalized spacial score (nSPS) is 52.8. The molecule has 0 radical (unpaired) electrons. The lowest BCUT2D eigenvalue weighted by atomic mass is 9.52. The van der Waals surface area contributed by atoms with Crippen LogP contribution in [0.3, 0.4) is 0 Å². The summed E-state index contributed by atoms with van der Waals surface area (Å²) in [7, 11) is 0. The average molecular weight is 326 g/mol.